The summed E-state index contributed by atoms with van der Waals surface area (Å²) in [4.78, 5) is 19.3. The molecule has 3 aromatic rings. The molecule has 2 aromatic heterocycles. The largest absolute Gasteiger partial charge is 0.324 e. The molecule has 22 heavy (non-hydrogen) atoms. The standard InChI is InChI=1S/C15H14ClN5O/c1-9-10(14(16)21(2)20-9)7-8-13(22)19-15-17-11-5-3-4-6-12(11)18-15/h3-8H,1-2H3,(H2,17,18,19,22)/b8-7+. The number of halogens is 1. The number of amides is 1. The highest BCUT2D eigenvalue weighted by Gasteiger charge is 2.09. The van der Waals surface area contributed by atoms with E-state index in [2.05, 4.69) is 20.4 Å². The average molecular weight is 316 g/mol. The van der Waals surface area contributed by atoms with Gasteiger partial charge in [0.2, 0.25) is 5.95 Å². The third-order valence-electron chi connectivity index (χ3n) is 3.23. The number of carbonyl (C=O) groups excluding carboxylic acids is 1. The zero-order valence-corrected chi connectivity index (χ0v) is 12.8. The number of aryl methyl sites for hydroxylation is 2. The van der Waals surface area contributed by atoms with E-state index in [1.54, 1.807) is 17.8 Å². The molecule has 0 aliphatic rings. The zero-order valence-electron chi connectivity index (χ0n) is 12.1. The molecule has 2 N–H and O–H groups in total. The maximum Gasteiger partial charge on any atom is 0.250 e. The van der Waals surface area contributed by atoms with Crippen molar-refractivity contribution in [1.82, 2.24) is 19.7 Å². The Morgan fingerprint density at radius 1 is 1.41 bits per heavy atom. The molecule has 0 atom stereocenters. The highest BCUT2D eigenvalue weighted by atomic mass is 35.5. The van der Waals surface area contributed by atoms with Crippen LogP contribution in [0.4, 0.5) is 5.95 Å². The van der Waals surface area contributed by atoms with E-state index < -0.39 is 0 Å². The van der Waals surface area contributed by atoms with Crippen LogP contribution < -0.4 is 5.32 Å². The monoisotopic (exact) mass is 315 g/mol. The van der Waals surface area contributed by atoms with Crippen molar-refractivity contribution in [2.45, 2.75) is 6.92 Å². The molecule has 1 amide bonds. The predicted molar refractivity (Wildman–Crippen MR) is 86.7 cm³/mol. The summed E-state index contributed by atoms with van der Waals surface area (Å²) in [5.74, 6) is 0.114. The third kappa shape index (κ3) is 2.73. The molecular formula is C15H14ClN5O. The molecule has 0 fully saturated rings. The molecule has 0 spiro atoms. The van der Waals surface area contributed by atoms with Crippen molar-refractivity contribution < 1.29 is 4.79 Å². The van der Waals surface area contributed by atoms with E-state index in [9.17, 15) is 4.79 Å². The van der Waals surface area contributed by atoms with E-state index in [1.807, 2.05) is 31.2 Å². The molecule has 3 rings (SSSR count). The summed E-state index contributed by atoms with van der Waals surface area (Å²) in [5.41, 5.74) is 3.16. The number of imidazole rings is 1. The van der Waals surface area contributed by atoms with Crippen LogP contribution in [0, 0.1) is 6.92 Å². The fraction of sp³-hybridized carbons (Fsp3) is 0.133. The number of H-pyrrole nitrogens is 1. The Balaban J connectivity index is 1.75. The van der Waals surface area contributed by atoms with Gasteiger partial charge >= 0.3 is 0 Å². The van der Waals surface area contributed by atoms with Gasteiger partial charge in [-0.3, -0.25) is 14.8 Å². The van der Waals surface area contributed by atoms with Gasteiger partial charge in [-0.15, -0.1) is 0 Å². The van der Waals surface area contributed by atoms with Crippen molar-refractivity contribution in [3.05, 3.63) is 46.8 Å². The molecule has 2 heterocycles. The fourth-order valence-electron chi connectivity index (χ4n) is 2.17. The van der Waals surface area contributed by atoms with E-state index in [1.165, 1.54) is 6.08 Å². The zero-order chi connectivity index (χ0) is 15.7. The highest BCUT2D eigenvalue weighted by Crippen LogP contribution is 2.20. The molecule has 0 saturated carbocycles. The summed E-state index contributed by atoms with van der Waals surface area (Å²) in [6.07, 6.45) is 3.05. The molecule has 112 valence electrons. The molecule has 6 nitrogen and oxygen atoms in total. The summed E-state index contributed by atoms with van der Waals surface area (Å²) < 4.78 is 1.56. The third-order valence-corrected chi connectivity index (χ3v) is 3.68. The number of anilines is 1. The first-order valence-corrected chi connectivity index (χ1v) is 7.05. The number of rotatable bonds is 3. The number of aromatic amines is 1. The molecular weight excluding hydrogens is 302 g/mol. The van der Waals surface area contributed by atoms with Crippen LogP contribution in [0.15, 0.2) is 30.3 Å². The van der Waals surface area contributed by atoms with Crippen LogP contribution in [0.3, 0.4) is 0 Å². The summed E-state index contributed by atoms with van der Waals surface area (Å²) in [5, 5.41) is 7.36. The van der Waals surface area contributed by atoms with Gasteiger partial charge < -0.3 is 4.98 Å². The predicted octanol–water partition coefficient (Wildman–Crippen LogP) is 2.91. The van der Waals surface area contributed by atoms with Gasteiger partial charge in [0.1, 0.15) is 5.15 Å². The minimum Gasteiger partial charge on any atom is -0.324 e. The van der Waals surface area contributed by atoms with Crippen molar-refractivity contribution in [3.63, 3.8) is 0 Å². The van der Waals surface area contributed by atoms with Crippen LogP contribution >= 0.6 is 11.6 Å². The lowest BCUT2D eigenvalue weighted by Gasteiger charge is -1.96. The van der Waals surface area contributed by atoms with Gasteiger partial charge in [0, 0.05) is 18.7 Å². The van der Waals surface area contributed by atoms with Gasteiger partial charge in [0.05, 0.1) is 16.7 Å². The molecule has 0 radical (unpaired) electrons. The Morgan fingerprint density at radius 3 is 2.86 bits per heavy atom. The molecule has 0 aliphatic heterocycles. The van der Waals surface area contributed by atoms with Crippen molar-refractivity contribution in [2.75, 3.05) is 5.32 Å². The minimum atomic E-state index is -0.293. The Labute approximate surface area is 131 Å². The summed E-state index contributed by atoms with van der Waals surface area (Å²) in [7, 11) is 1.75. The van der Waals surface area contributed by atoms with Crippen LogP contribution in [0.2, 0.25) is 5.15 Å². The molecule has 0 aliphatic carbocycles. The van der Waals surface area contributed by atoms with Gasteiger partial charge in [-0.05, 0) is 25.1 Å². The number of benzene rings is 1. The van der Waals surface area contributed by atoms with E-state index in [4.69, 9.17) is 11.6 Å². The van der Waals surface area contributed by atoms with E-state index in [-0.39, 0.29) is 5.91 Å². The number of nitrogens with one attached hydrogen (secondary N) is 2. The maximum absolute atomic E-state index is 12.0. The highest BCUT2D eigenvalue weighted by molar-refractivity contribution is 6.31. The number of nitrogens with zero attached hydrogens (tertiary/aromatic N) is 3. The molecule has 7 heteroatoms. The number of fused-ring (bicyclic) bond motifs is 1. The van der Waals surface area contributed by atoms with Crippen molar-refractivity contribution in [2.24, 2.45) is 7.05 Å². The van der Waals surface area contributed by atoms with E-state index >= 15 is 0 Å². The smallest absolute Gasteiger partial charge is 0.250 e. The lowest BCUT2D eigenvalue weighted by molar-refractivity contribution is -0.111. The van der Waals surface area contributed by atoms with Gasteiger partial charge in [-0.1, -0.05) is 23.7 Å². The van der Waals surface area contributed by atoms with Crippen LogP contribution in [0.1, 0.15) is 11.3 Å². The van der Waals surface area contributed by atoms with Gasteiger partial charge in [-0.2, -0.15) is 5.10 Å². The second-order valence-electron chi connectivity index (χ2n) is 4.84. The van der Waals surface area contributed by atoms with Crippen LogP contribution in [-0.2, 0) is 11.8 Å². The number of aromatic nitrogens is 4. The van der Waals surface area contributed by atoms with Crippen molar-refractivity contribution >= 4 is 40.6 Å². The molecule has 0 bridgehead atoms. The number of hydrogen-bond acceptors (Lipinski definition) is 3. The lowest BCUT2D eigenvalue weighted by atomic mass is 10.2. The normalized spacial score (nSPS) is 11.4. The first-order valence-electron chi connectivity index (χ1n) is 6.67. The Morgan fingerprint density at radius 2 is 2.18 bits per heavy atom. The van der Waals surface area contributed by atoms with Gasteiger partial charge in [0.25, 0.3) is 5.91 Å². The minimum absolute atomic E-state index is 0.293. The first kappa shape index (κ1) is 14.3. The van der Waals surface area contributed by atoms with Crippen molar-refractivity contribution in [3.8, 4) is 0 Å². The molecule has 0 unspecified atom stereocenters. The van der Waals surface area contributed by atoms with E-state index in [0.717, 1.165) is 22.3 Å². The average Bonchev–Trinajstić information content (AvgIpc) is 2.98. The first-order chi connectivity index (χ1) is 10.5. The quantitative estimate of drug-likeness (QED) is 0.730. The Bertz CT molecular complexity index is 844. The summed E-state index contributed by atoms with van der Waals surface area (Å²) in [6, 6.07) is 7.56. The summed E-state index contributed by atoms with van der Waals surface area (Å²) in [6.45, 7) is 1.84. The van der Waals surface area contributed by atoms with Crippen LogP contribution in [-0.4, -0.2) is 25.7 Å². The molecule has 0 saturated heterocycles. The maximum atomic E-state index is 12.0. The summed E-state index contributed by atoms with van der Waals surface area (Å²) >= 11 is 6.11. The number of hydrogen-bond donors (Lipinski definition) is 2. The lowest BCUT2D eigenvalue weighted by Crippen LogP contribution is -2.08. The number of carbonyl (C=O) groups is 1. The fourth-order valence-corrected chi connectivity index (χ4v) is 2.40. The second-order valence-corrected chi connectivity index (χ2v) is 5.20. The Kier molecular flexibility index (Phi) is 3.68. The number of para-hydroxylation sites is 2. The van der Waals surface area contributed by atoms with Crippen molar-refractivity contribution in [1.29, 1.82) is 0 Å². The van der Waals surface area contributed by atoms with Gasteiger partial charge in [-0.25, -0.2) is 4.98 Å². The Hall–Kier alpha value is -2.60. The van der Waals surface area contributed by atoms with Crippen LogP contribution in [0.25, 0.3) is 17.1 Å². The van der Waals surface area contributed by atoms with Crippen LogP contribution in [0.5, 0.6) is 0 Å². The SMILES string of the molecule is Cc1nn(C)c(Cl)c1/C=C/C(=O)Nc1nc2ccccc2[nH]1. The second kappa shape index (κ2) is 5.65. The topological polar surface area (TPSA) is 75.6 Å². The van der Waals surface area contributed by atoms with E-state index in [0.29, 0.717) is 11.1 Å². The van der Waals surface area contributed by atoms with Gasteiger partial charge in [0.15, 0.2) is 0 Å². The molecule has 1 aromatic carbocycles.